The summed E-state index contributed by atoms with van der Waals surface area (Å²) in [6, 6.07) is 0. The number of ether oxygens (including phenoxy) is 2. The molecule has 1 aliphatic heterocycles. The van der Waals surface area contributed by atoms with Gasteiger partial charge < -0.3 is 20.1 Å². The first kappa shape index (κ1) is 17.2. The normalized spacial score (nSPS) is 19.6. The summed E-state index contributed by atoms with van der Waals surface area (Å²) < 4.78 is 11.1. The second-order valence-electron chi connectivity index (χ2n) is 5.67. The third-order valence-corrected chi connectivity index (χ3v) is 3.22. The second-order valence-corrected chi connectivity index (χ2v) is 5.67. The van der Waals surface area contributed by atoms with Crippen molar-refractivity contribution in [3.63, 3.8) is 0 Å². The van der Waals surface area contributed by atoms with Gasteiger partial charge >= 0.3 is 0 Å². The van der Waals surface area contributed by atoms with Crippen LogP contribution in [0.3, 0.4) is 0 Å². The molecule has 1 fully saturated rings. The van der Waals surface area contributed by atoms with Gasteiger partial charge in [0.1, 0.15) is 0 Å². The van der Waals surface area contributed by atoms with E-state index in [4.69, 9.17) is 9.47 Å². The molecule has 118 valence electrons. The van der Waals surface area contributed by atoms with Gasteiger partial charge in [0.05, 0.1) is 6.10 Å². The van der Waals surface area contributed by atoms with Crippen LogP contribution in [0.2, 0.25) is 0 Å². The van der Waals surface area contributed by atoms with Crippen molar-refractivity contribution in [2.45, 2.75) is 45.6 Å². The molecule has 1 rings (SSSR count). The summed E-state index contributed by atoms with van der Waals surface area (Å²) in [5.74, 6) is 1.47. The van der Waals surface area contributed by atoms with E-state index in [-0.39, 0.29) is 0 Å². The number of nitrogens with zero attached hydrogens (tertiary/aromatic N) is 1. The summed E-state index contributed by atoms with van der Waals surface area (Å²) in [4.78, 5) is 4.21. The molecular weight excluding hydrogens is 254 g/mol. The standard InChI is InChI=1S/C15H31N3O2/c1-13(2)12-19-10-5-8-17-15(16-3)18-9-7-14-6-4-11-20-14/h13-14H,4-12H2,1-3H3,(H2,16,17,18). The van der Waals surface area contributed by atoms with Gasteiger partial charge in [-0.2, -0.15) is 0 Å². The number of aliphatic imine (C=N–C) groups is 1. The van der Waals surface area contributed by atoms with Crippen LogP contribution in [-0.2, 0) is 9.47 Å². The number of hydrogen-bond acceptors (Lipinski definition) is 3. The van der Waals surface area contributed by atoms with E-state index < -0.39 is 0 Å². The van der Waals surface area contributed by atoms with Crippen molar-refractivity contribution in [2.24, 2.45) is 10.9 Å². The van der Waals surface area contributed by atoms with Gasteiger partial charge in [0.2, 0.25) is 0 Å². The summed E-state index contributed by atoms with van der Waals surface area (Å²) in [6.45, 7) is 8.70. The maximum atomic E-state index is 5.60. The molecular formula is C15H31N3O2. The molecule has 0 aromatic carbocycles. The van der Waals surface area contributed by atoms with Gasteiger partial charge in [-0.05, 0) is 31.6 Å². The van der Waals surface area contributed by atoms with Crippen molar-refractivity contribution < 1.29 is 9.47 Å². The molecule has 0 aromatic rings. The fraction of sp³-hybridized carbons (Fsp3) is 0.933. The lowest BCUT2D eigenvalue weighted by Gasteiger charge is -2.14. The average Bonchev–Trinajstić information content (AvgIpc) is 2.93. The van der Waals surface area contributed by atoms with Crippen molar-refractivity contribution in [1.82, 2.24) is 10.6 Å². The van der Waals surface area contributed by atoms with Crippen molar-refractivity contribution in [1.29, 1.82) is 0 Å². The minimum absolute atomic E-state index is 0.435. The number of nitrogens with one attached hydrogen (secondary N) is 2. The van der Waals surface area contributed by atoms with Crippen LogP contribution in [0.4, 0.5) is 0 Å². The summed E-state index contributed by atoms with van der Waals surface area (Å²) in [5, 5.41) is 6.62. The maximum absolute atomic E-state index is 5.60. The summed E-state index contributed by atoms with van der Waals surface area (Å²) in [7, 11) is 1.80. The van der Waals surface area contributed by atoms with Crippen LogP contribution < -0.4 is 10.6 Å². The molecule has 0 aromatic heterocycles. The molecule has 1 aliphatic rings. The van der Waals surface area contributed by atoms with E-state index in [0.29, 0.717) is 12.0 Å². The topological polar surface area (TPSA) is 54.9 Å². The van der Waals surface area contributed by atoms with Gasteiger partial charge in [0, 0.05) is 40.0 Å². The van der Waals surface area contributed by atoms with Gasteiger partial charge in [-0.1, -0.05) is 13.8 Å². The Bertz CT molecular complexity index is 264. The zero-order chi connectivity index (χ0) is 14.6. The molecule has 2 N–H and O–H groups in total. The highest BCUT2D eigenvalue weighted by molar-refractivity contribution is 5.79. The highest BCUT2D eigenvalue weighted by Gasteiger charge is 2.14. The average molecular weight is 285 g/mol. The van der Waals surface area contributed by atoms with Crippen LogP contribution in [0.25, 0.3) is 0 Å². The van der Waals surface area contributed by atoms with E-state index in [1.54, 1.807) is 7.05 Å². The van der Waals surface area contributed by atoms with Crippen LogP contribution in [0.15, 0.2) is 4.99 Å². The Hall–Kier alpha value is -0.810. The minimum Gasteiger partial charge on any atom is -0.381 e. The highest BCUT2D eigenvalue weighted by atomic mass is 16.5. The first-order valence-electron chi connectivity index (χ1n) is 7.86. The highest BCUT2D eigenvalue weighted by Crippen LogP contribution is 2.14. The fourth-order valence-corrected chi connectivity index (χ4v) is 2.14. The number of rotatable bonds is 9. The van der Waals surface area contributed by atoms with Crippen molar-refractivity contribution in [3.8, 4) is 0 Å². The van der Waals surface area contributed by atoms with E-state index in [0.717, 1.165) is 51.7 Å². The zero-order valence-electron chi connectivity index (χ0n) is 13.3. The maximum Gasteiger partial charge on any atom is 0.190 e. The summed E-state index contributed by atoms with van der Waals surface area (Å²) >= 11 is 0. The molecule has 1 unspecified atom stereocenters. The molecule has 5 nitrogen and oxygen atoms in total. The van der Waals surface area contributed by atoms with Crippen LogP contribution in [0.1, 0.15) is 39.5 Å². The molecule has 0 saturated carbocycles. The smallest absolute Gasteiger partial charge is 0.190 e. The van der Waals surface area contributed by atoms with Crippen molar-refractivity contribution in [2.75, 3.05) is 40.0 Å². The molecule has 0 aliphatic carbocycles. The largest absolute Gasteiger partial charge is 0.381 e. The molecule has 0 bridgehead atoms. The summed E-state index contributed by atoms with van der Waals surface area (Å²) in [6.07, 6.45) is 4.89. The van der Waals surface area contributed by atoms with E-state index in [1.807, 2.05) is 0 Å². The quantitative estimate of drug-likeness (QED) is 0.385. The van der Waals surface area contributed by atoms with Crippen molar-refractivity contribution in [3.05, 3.63) is 0 Å². The predicted molar refractivity (Wildman–Crippen MR) is 83.2 cm³/mol. The molecule has 5 heteroatoms. The molecule has 1 atom stereocenters. The lowest BCUT2D eigenvalue weighted by molar-refractivity contribution is 0.105. The molecule has 20 heavy (non-hydrogen) atoms. The molecule has 0 amide bonds. The Balaban J connectivity index is 1.96. The fourth-order valence-electron chi connectivity index (χ4n) is 2.14. The van der Waals surface area contributed by atoms with Crippen LogP contribution in [0, 0.1) is 5.92 Å². The Morgan fingerprint density at radius 3 is 2.80 bits per heavy atom. The van der Waals surface area contributed by atoms with Crippen LogP contribution in [-0.4, -0.2) is 52.0 Å². The molecule has 1 heterocycles. The molecule has 1 saturated heterocycles. The van der Waals surface area contributed by atoms with Crippen molar-refractivity contribution >= 4 is 5.96 Å². The predicted octanol–water partition coefficient (Wildman–Crippen LogP) is 1.78. The van der Waals surface area contributed by atoms with Gasteiger partial charge in [-0.3, -0.25) is 4.99 Å². The van der Waals surface area contributed by atoms with Crippen LogP contribution >= 0.6 is 0 Å². The van der Waals surface area contributed by atoms with Gasteiger partial charge in [-0.25, -0.2) is 0 Å². The lowest BCUT2D eigenvalue weighted by atomic mass is 10.2. The van der Waals surface area contributed by atoms with Gasteiger partial charge in [0.25, 0.3) is 0 Å². The Labute approximate surface area is 123 Å². The summed E-state index contributed by atoms with van der Waals surface area (Å²) in [5.41, 5.74) is 0. The van der Waals surface area contributed by atoms with Gasteiger partial charge in [-0.15, -0.1) is 0 Å². The monoisotopic (exact) mass is 285 g/mol. The van der Waals surface area contributed by atoms with Crippen LogP contribution in [0.5, 0.6) is 0 Å². The SMILES string of the molecule is CN=C(NCCCOCC(C)C)NCCC1CCCO1. The van der Waals surface area contributed by atoms with E-state index in [1.165, 1.54) is 12.8 Å². The number of guanidine groups is 1. The lowest BCUT2D eigenvalue weighted by Crippen LogP contribution is -2.39. The van der Waals surface area contributed by atoms with E-state index >= 15 is 0 Å². The molecule has 0 radical (unpaired) electrons. The Morgan fingerprint density at radius 1 is 1.35 bits per heavy atom. The number of hydrogen-bond donors (Lipinski definition) is 2. The minimum atomic E-state index is 0.435. The second kappa shape index (κ2) is 10.9. The van der Waals surface area contributed by atoms with E-state index in [9.17, 15) is 0 Å². The Kier molecular flexibility index (Phi) is 9.41. The molecule has 0 spiro atoms. The third-order valence-electron chi connectivity index (χ3n) is 3.22. The van der Waals surface area contributed by atoms with Gasteiger partial charge in [0.15, 0.2) is 5.96 Å². The zero-order valence-corrected chi connectivity index (χ0v) is 13.3. The Morgan fingerprint density at radius 2 is 2.15 bits per heavy atom. The first-order valence-corrected chi connectivity index (χ1v) is 7.86. The third kappa shape index (κ3) is 8.38. The van der Waals surface area contributed by atoms with E-state index in [2.05, 4.69) is 29.5 Å². The first-order chi connectivity index (χ1) is 9.72.